The number of aromatic nitrogens is 3. The third-order valence-corrected chi connectivity index (χ3v) is 6.16. The second-order valence-electron chi connectivity index (χ2n) is 8.37. The molecule has 3 heterocycles. The van der Waals surface area contributed by atoms with E-state index in [0.29, 0.717) is 45.4 Å². The molecule has 0 bridgehead atoms. The molecule has 0 saturated carbocycles. The van der Waals surface area contributed by atoms with Crippen molar-refractivity contribution in [2.75, 3.05) is 18.5 Å². The number of hydrogen-bond donors (Lipinski definition) is 1. The molecule has 34 heavy (non-hydrogen) atoms. The first-order valence-corrected chi connectivity index (χ1v) is 11.6. The molecule has 4 aromatic rings. The Hall–Kier alpha value is -3.42. The van der Waals surface area contributed by atoms with Crippen molar-refractivity contribution >= 4 is 34.2 Å². The lowest BCUT2D eigenvalue weighted by atomic mass is 10.0. The topological polar surface area (TPSA) is 78.3 Å². The molecule has 8 heteroatoms. The molecular formula is C26H25ClN4O3. The van der Waals surface area contributed by atoms with E-state index >= 15 is 0 Å². The van der Waals surface area contributed by atoms with Crippen LogP contribution >= 0.6 is 11.6 Å². The van der Waals surface area contributed by atoms with Crippen molar-refractivity contribution in [2.45, 2.75) is 25.9 Å². The Balaban J connectivity index is 1.51. The first-order chi connectivity index (χ1) is 16.5. The number of pyridine rings is 1. The molecule has 1 atom stereocenters. The lowest BCUT2D eigenvalue weighted by Crippen LogP contribution is -2.18. The van der Waals surface area contributed by atoms with E-state index in [2.05, 4.69) is 10.4 Å². The van der Waals surface area contributed by atoms with Gasteiger partial charge in [0.15, 0.2) is 5.65 Å². The second kappa shape index (κ2) is 9.44. The number of amides is 1. The maximum absolute atomic E-state index is 13.6. The van der Waals surface area contributed by atoms with Gasteiger partial charge in [0.1, 0.15) is 12.4 Å². The Labute approximate surface area is 202 Å². The van der Waals surface area contributed by atoms with E-state index in [0.717, 1.165) is 30.7 Å². The van der Waals surface area contributed by atoms with Crippen LogP contribution in [0.5, 0.6) is 5.75 Å². The van der Waals surface area contributed by atoms with Crippen molar-refractivity contribution < 1.29 is 14.3 Å². The van der Waals surface area contributed by atoms with Crippen molar-refractivity contribution in [3.63, 3.8) is 0 Å². The van der Waals surface area contributed by atoms with Crippen LogP contribution in [0.2, 0.25) is 5.02 Å². The number of nitrogens with zero attached hydrogens (tertiary/aromatic N) is 3. The van der Waals surface area contributed by atoms with E-state index in [1.165, 1.54) is 0 Å². The molecule has 2 aromatic heterocycles. The molecule has 1 N–H and O–H groups in total. The van der Waals surface area contributed by atoms with Crippen LogP contribution in [-0.2, 0) is 11.8 Å². The number of carbonyl (C=O) groups is 1. The summed E-state index contributed by atoms with van der Waals surface area (Å²) >= 11 is 6.25. The molecule has 1 amide bonds. The fourth-order valence-electron chi connectivity index (χ4n) is 4.25. The van der Waals surface area contributed by atoms with Crippen LogP contribution in [0, 0.1) is 6.92 Å². The number of nitrogens with one attached hydrogen (secondary N) is 1. The average Bonchev–Trinajstić information content (AvgIpc) is 3.46. The lowest BCUT2D eigenvalue weighted by molar-refractivity contribution is 0.0682. The van der Waals surface area contributed by atoms with Gasteiger partial charge in [0, 0.05) is 24.2 Å². The summed E-state index contributed by atoms with van der Waals surface area (Å²) < 4.78 is 13.3. The molecule has 7 nitrogen and oxygen atoms in total. The highest BCUT2D eigenvalue weighted by Crippen LogP contribution is 2.32. The van der Waals surface area contributed by atoms with Crippen molar-refractivity contribution in [1.82, 2.24) is 14.8 Å². The van der Waals surface area contributed by atoms with Crippen LogP contribution in [0.1, 0.15) is 28.9 Å². The molecular weight excluding hydrogens is 452 g/mol. The largest absolute Gasteiger partial charge is 0.489 e. The zero-order valence-electron chi connectivity index (χ0n) is 19.0. The predicted octanol–water partition coefficient (Wildman–Crippen LogP) is 5.41. The summed E-state index contributed by atoms with van der Waals surface area (Å²) in [4.78, 5) is 18.4. The van der Waals surface area contributed by atoms with Crippen LogP contribution in [0.3, 0.4) is 0 Å². The smallest absolute Gasteiger partial charge is 0.256 e. The third-order valence-electron chi connectivity index (χ3n) is 5.92. The maximum atomic E-state index is 13.6. The van der Waals surface area contributed by atoms with E-state index in [1.807, 2.05) is 44.3 Å². The highest BCUT2D eigenvalue weighted by molar-refractivity contribution is 6.31. The van der Waals surface area contributed by atoms with Crippen LogP contribution in [0.15, 0.2) is 54.6 Å². The van der Waals surface area contributed by atoms with Gasteiger partial charge in [0.2, 0.25) is 0 Å². The summed E-state index contributed by atoms with van der Waals surface area (Å²) in [7, 11) is 1.83. The minimum absolute atomic E-state index is 0.0607. The van der Waals surface area contributed by atoms with Crippen LogP contribution in [0.4, 0.5) is 5.69 Å². The van der Waals surface area contributed by atoms with Crippen molar-refractivity contribution in [1.29, 1.82) is 0 Å². The summed E-state index contributed by atoms with van der Waals surface area (Å²) in [5, 5.41) is 8.70. The molecule has 0 spiro atoms. The number of hydrogen-bond acceptors (Lipinski definition) is 5. The van der Waals surface area contributed by atoms with Crippen molar-refractivity contribution in [2.24, 2.45) is 7.05 Å². The molecule has 5 rings (SSSR count). The zero-order chi connectivity index (χ0) is 23.7. The highest BCUT2D eigenvalue weighted by atomic mass is 35.5. The summed E-state index contributed by atoms with van der Waals surface area (Å²) in [5.41, 5.74) is 3.98. The fraction of sp³-hybridized carbons (Fsp3) is 0.269. The number of ether oxygens (including phenoxy) is 2. The number of halogens is 1. The van der Waals surface area contributed by atoms with Crippen molar-refractivity contribution in [3.05, 3.63) is 70.9 Å². The summed E-state index contributed by atoms with van der Waals surface area (Å²) in [6, 6.07) is 16.8. The molecule has 2 aromatic carbocycles. The molecule has 1 saturated heterocycles. The van der Waals surface area contributed by atoms with Gasteiger partial charge in [-0.1, -0.05) is 41.9 Å². The number of aryl methyl sites for hydroxylation is 2. The van der Waals surface area contributed by atoms with Gasteiger partial charge < -0.3 is 14.8 Å². The number of carbonyl (C=O) groups excluding carboxylic acids is 1. The van der Waals surface area contributed by atoms with Gasteiger partial charge in [0.25, 0.3) is 5.91 Å². The van der Waals surface area contributed by atoms with Gasteiger partial charge in [-0.3, -0.25) is 9.48 Å². The SMILES string of the molecule is Cc1nn(C)c2nc(-c3ccccc3)cc(C(=O)Nc3cc(Cl)ccc3OCC3CCCO3)c12. The second-order valence-corrected chi connectivity index (χ2v) is 8.81. The van der Waals surface area contributed by atoms with E-state index in [4.69, 9.17) is 26.1 Å². The molecule has 1 aliphatic heterocycles. The standard InChI is InChI=1S/C26H25ClN4O3/c1-16-24-20(14-21(17-7-4-3-5-8-17)28-25(24)31(2)30-16)26(32)29-22-13-18(27)10-11-23(22)34-15-19-9-6-12-33-19/h3-5,7-8,10-11,13-14,19H,6,9,12,15H2,1-2H3,(H,29,32). The van der Waals surface area contributed by atoms with Gasteiger partial charge >= 0.3 is 0 Å². The van der Waals surface area contributed by atoms with Crippen LogP contribution < -0.4 is 10.1 Å². The van der Waals surface area contributed by atoms with E-state index in [9.17, 15) is 4.79 Å². The van der Waals surface area contributed by atoms with E-state index < -0.39 is 0 Å². The first-order valence-electron chi connectivity index (χ1n) is 11.2. The molecule has 1 fully saturated rings. The molecule has 0 aliphatic carbocycles. The monoisotopic (exact) mass is 476 g/mol. The normalized spacial score (nSPS) is 15.6. The minimum Gasteiger partial charge on any atom is -0.489 e. The van der Waals surface area contributed by atoms with Crippen LogP contribution in [0.25, 0.3) is 22.3 Å². The Morgan fingerprint density at radius 3 is 2.82 bits per heavy atom. The quantitative estimate of drug-likeness (QED) is 0.402. The Morgan fingerprint density at radius 2 is 2.06 bits per heavy atom. The average molecular weight is 477 g/mol. The molecule has 1 aliphatic rings. The van der Waals surface area contributed by atoms with E-state index in [-0.39, 0.29) is 12.0 Å². The van der Waals surface area contributed by atoms with Crippen LogP contribution in [-0.4, -0.2) is 40.0 Å². The van der Waals surface area contributed by atoms with Gasteiger partial charge in [-0.2, -0.15) is 5.10 Å². The number of fused-ring (bicyclic) bond motifs is 1. The molecule has 1 unspecified atom stereocenters. The number of benzene rings is 2. The number of rotatable bonds is 6. The summed E-state index contributed by atoms with van der Waals surface area (Å²) in [6.07, 6.45) is 2.06. The maximum Gasteiger partial charge on any atom is 0.256 e. The predicted molar refractivity (Wildman–Crippen MR) is 133 cm³/mol. The highest BCUT2D eigenvalue weighted by Gasteiger charge is 2.21. The van der Waals surface area contributed by atoms with E-state index in [1.54, 1.807) is 28.9 Å². The Bertz CT molecular complexity index is 1350. The zero-order valence-corrected chi connectivity index (χ0v) is 19.8. The Kier molecular flexibility index (Phi) is 6.22. The third kappa shape index (κ3) is 4.49. The lowest BCUT2D eigenvalue weighted by Gasteiger charge is -2.16. The van der Waals surface area contributed by atoms with Gasteiger partial charge in [-0.25, -0.2) is 4.98 Å². The Morgan fingerprint density at radius 1 is 1.24 bits per heavy atom. The molecule has 0 radical (unpaired) electrons. The summed E-state index contributed by atoms with van der Waals surface area (Å²) in [5.74, 6) is 0.259. The van der Waals surface area contributed by atoms with Crippen molar-refractivity contribution in [3.8, 4) is 17.0 Å². The van der Waals surface area contributed by atoms with Gasteiger partial charge in [0.05, 0.1) is 34.1 Å². The summed E-state index contributed by atoms with van der Waals surface area (Å²) in [6.45, 7) is 3.05. The molecule has 174 valence electrons. The first kappa shape index (κ1) is 22.4. The van der Waals surface area contributed by atoms with Gasteiger partial charge in [-0.05, 0) is 44.0 Å². The number of anilines is 1. The minimum atomic E-state index is -0.287. The van der Waals surface area contributed by atoms with Gasteiger partial charge in [-0.15, -0.1) is 0 Å². The fourth-order valence-corrected chi connectivity index (χ4v) is 4.43.